The molecule has 0 amide bonds. The van der Waals surface area contributed by atoms with Gasteiger partial charge in [0.1, 0.15) is 0 Å². The van der Waals surface area contributed by atoms with Gasteiger partial charge in [0, 0.05) is 28.8 Å². The smallest absolute Gasteiger partial charge is 0.0494 e. The molecule has 0 aliphatic carbocycles. The van der Waals surface area contributed by atoms with Crippen molar-refractivity contribution in [1.29, 1.82) is 0 Å². The predicted octanol–water partition coefficient (Wildman–Crippen LogP) is 4.77. The van der Waals surface area contributed by atoms with Crippen LogP contribution in [-0.4, -0.2) is 6.54 Å². The first-order valence-electron chi connectivity index (χ1n) is 5.99. The molecule has 0 unspecified atom stereocenters. The monoisotopic (exact) mass is 277 g/mol. The van der Waals surface area contributed by atoms with Gasteiger partial charge >= 0.3 is 0 Å². The van der Waals surface area contributed by atoms with E-state index in [1.165, 1.54) is 11.3 Å². The lowest BCUT2D eigenvalue weighted by molar-refractivity contribution is 0.991. The quantitative estimate of drug-likeness (QED) is 0.715. The number of halogens is 2. The normalized spacial score (nSPS) is 13.8. The second-order valence-electron chi connectivity index (χ2n) is 4.44. The van der Waals surface area contributed by atoms with Gasteiger partial charge in [0.15, 0.2) is 0 Å². The number of alkyl halides is 1. The van der Waals surface area contributed by atoms with E-state index in [0.29, 0.717) is 5.88 Å². The van der Waals surface area contributed by atoms with Crippen LogP contribution in [0.4, 0.5) is 11.4 Å². The second kappa shape index (κ2) is 4.83. The maximum atomic E-state index is 6.11. The zero-order chi connectivity index (χ0) is 12.5. The largest absolute Gasteiger partial charge is 0.341 e. The third-order valence-corrected chi connectivity index (χ3v) is 3.89. The first kappa shape index (κ1) is 11.9. The van der Waals surface area contributed by atoms with Crippen molar-refractivity contribution in [2.45, 2.75) is 12.3 Å². The molecule has 0 saturated carbocycles. The molecule has 0 N–H and O–H groups in total. The van der Waals surface area contributed by atoms with E-state index >= 15 is 0 Å². The molecule has 1 aliphatic rings. The molecule has 92 valence electrons. The van der Waals surface area contributed by atoms with Gasteiger partial charge in [0.05, 0.1) is 0 Å². The number of rotatable bonds is 2. The summed E-state index contributed by atoms with van der Waals surface area (Å²) < 4.78 is 0. The van der Waals surface area contributed by atoms with Crippen LogP contribution < -0.4 is 4.90 Å². The van der Waals surface area contributed by atoms with Crippen LogP contribution in [0.15, 0.2) is 42.5 Å². The lowest BCUT2D eigenvalue weighted by atomic mass is 10.1. The summed E-state index contributed by atoms with van der Waals surface area (Å²) >= 11 is 12.1. The Morgan fingerprint density at radius 2 is 1.89 bits per heavy atom. The van der Waals surface area contributed by atoms with Crippen molar-refractivity contribution >= 4 is 34.6 Å². The van der Waals surface area contributed by atoms with Gasteiger partial charge in [-0.25, -0.2) is 0 Å². The molecule has 0 spiro atoms. The number of nitrogens with zero attached hydrogens (tertiary/aromatic N) is 1. The van der Waals surface area contributed by atoms with Crippen LogP contribution in [0, 0.1) is 0 Å². The van der Waals surface area contributed by atoms with Crippen molar-refractivity contribution in [1.82, 2.24) is 0 Å². The highest BCUT2D eigenvalue weighted by atomic mass is 35.5. The molecule has 0 fully saturated rings. The molecule has 2 aromatic rings. The fraction of sp³-hybridized carbons (Fsp3) is 0.200. The fourth-order valence-electron chi connectivity index (χ4n) is 2.49. The van der Waals surface area contributed by atoms with Crippen LogP contribution >= 0.6 is 23.2 Å². The Morgan fingerprint density at radius 1 is 1.06 bits per heavy atom. The molecule has 3 rings (SSSR count). The first-order valence-corrected chi connectivity index (χ1v) is 6.90. The molecule has 1 aliphatic heterocycles. The Morgan fingerprint density at radius 3 is 2.72 bits per heavy atom. The lowest BCUT2D eigenvalue weighted by Crippen LogP contribution is -2.14. The number of hydrogen-bond acceptors (Lipinski definition) is 1. The van der Waals surface area contributed by atoms with Crippen LogP contribution in [0.5, 0.6) is 0 Å². The van der Waals surface area contributed by atoms with Gasteiger partial charge in [-0.05, 0) is 35.7 Å². The number of hydrogen-bond donors (Lipinski definition) is 0. The highest BCUT2D eigenvalue weighted by Gasteiger charge is 2.21. The summed E-state index contributed by atoms with van der Waals surface area (Å²) in [5, 5.41) is 0.753. The first-order chi connectivity index (χ1) is 8.79. The van der Waals surface area contributed by atoms with Crippen molar-refractivity contribution in [2.24, 2.45) is 0 Å². The predicted molar refractivity (Wildman–Crippen MR) is 78.2 cm³/mol. The van der Waals surface area contributed by atoms with Gasteiger partial charge in [0.25, 0.3) is 0 Å². The van der Waals surface area contributed by atoms with Crippen molar-refractivity contribution in [3.63, 3.8) is 0 Å². The molecule has 0 radical (unpaired) electrons. The Balaban J connectivity index is 2.09. The van der Waals surface area contributed by atoms with Gasteiger partial charge in [-0.2, -0.15) is 0 Å². The third kappa shape index (κ3) is 1.98. The summed E-state index contributed by atoms with van der Waals surface area (Å²) in [5.74, 6) is 0.505. The standard InChI is InChI=1S/C15H13Cl2N/c16-10-12-5-6-13(17)9-15(12)18-8-7-11-3-1-2-4-14(11)18/h1-6,9H,7-8,10H2. The minimum absolute atomic E-state index is 0.505. The average molecular weight is 278 g/mol. The highest BCUT2D eigenvalue weighted by Crippen LogP contribution is 2.37. The minimum atomic E-state index is 0.505. The van der Waals surface area contributed by atoms with Crippen molar-refractivity contribution < 1.29 is 0 Å². The maximum Gasteiger partial charge on any atom is 0.0494 e. The van der Waals surface area contributed by atoms with E-state index in [9.17, 15) is 0 Å². The van der Waals surface area contributed by atoms with Gasteiger partial charge in [-0.3, -0.25) is 0 Å². The van der Waals surface area contributed by atoms with E-state index in [0.717, 1.165) is 29.2 Å². The van der Waals surface area contributed by atoms with Crippen LogP contribution in [0.25, 0.3) is 0 Å². The van der Waals surface area contributed by atoms with Crippen molar-refractivity contribution in [2.75, 3.05) is 11.4 Å². The summed E-state index contributed by atoms with van der Waals surface area (Å²) in [6, 6.07) is 14.4. The van der Waals surface area contributed by atoms with Gasteiger partial charge in [-0.15, -0.1) is 11.6 Å². The van der Waals surface area contributed by atoms with Crippen molar-refractivity contribution in [3.05, 3.63) is 58.6 Å². The Labute approximate surface area is 117 Å². The topological polar surface area (TPSA) is 3.24 Å². The van der Waals surface area contributed by atoms with Gasteiger partial charge < -0.3 is 4.90 Å². The van der Waals surface area contributed by atoms with Gasteiger partial charge in [-0.1, -0.05) is 35.9 Å². The molecular weight excluding hydrogens is 265 g/mol. The summed E-state index contributed by atoms with van der Waals surface area (Å²) in [6.07, 6.45) is 1.07. The molecule has 1 nitrogen and oxygen atoms in total. The number of fused-ring (bicyclic) bond motifs is 1. The van der Waals surface area contributed by atoms with Crippen molar-refractivity contribution in [3.8, 4) is 0 Å². The molecule has 0 saturated heterocycles. The van der Waals surface area contributed by atoms with E-state index in [1.807, 2.05) is 18.2 Å². The molecule has 2 aromatic carbocycles. The molecule has 1 heterocycles. The zero-order valence-corrected chi connectivity index (χ0v) is 11.4. The molecule has 3 heteroatoms. The van der Waals surface area contributed by atoms with Crippen LogP contribution in [0.2, 0.25) is 5.02 Å². The SMILES string of the molecule is ClCc1ccc(Cl)cc1N1CCc2ccccc21. The van der Waals surface area contributed by atoms with Crippen LogP contribution in [0.3, 0.4) is 0 Å². The summed E-state index contributed by atoms with van der Waals surface area (Å²) in [6.45, 7) is 0.990. The van der Waals surface area contributed by atoms with E-state index in [2.05, 4.69) is 29.2 Å². The molecule has 0 atom stereocenters. The number of para-hydroxylation sites is 1. The summed E-state index contributed by atoms with van der Waals surface area (Å²) in [7, 11) is 0. The Bertz CT molecular complexity index is 580. The van der Waals surface area contributed by atoms with E-state index in [1.54, 1.807) is 0 Å². The maximum absolute atomic E-state index is 6.11. The van der Waals surface area contributed by atoms with E-state index in [4.69, 9.17) is 23.2 Å². The molecule has 0 bridgehead atoms. The third-order valence-electron chi connectivity index (χ3n) is 3.37. The highest BCUT2D eigenvalue weighted by molar-refractivity contribution is 6.31. The average Bonchev–Trinajstić information content (AvgIpc) is 2.82. The molecule has 0 aromatic heterocycles. The molecular formula is C15H13Cl2N. The van der Waals surface area contributed by atoms with E-state index < -0.39 is 0 Å². The fourth-order valence-corrected chi connectivity index (χ4v) is 2.88. The number of anilines is 2. The second-order valence-corrected chi connectivity index (χ2v) is 5.14. The van der Waals surface area contributed by atoms with Gasteiger partial charge in [0.2, 0.25) is 0 Å². The van der Waals surface area contributed by atoms with Crippen LogP contribution in [0.1, 0.15) is 11.1 Å². The van der Waals surface area contributed by atoms with Crippen LogP contribution in [-0.2, 0) is 12.3 Å². The van der Waals surface area contributed by atoms with E-state index in [-0.39, 0.29) is 0 Å². The molecule has 18 heavy (non-hydrogen) atoms. The number of benzene rings is 2. The minimum Gasteiger partial charge on any atom is -0.341 e. The summed E-state index contributed by atoms with van der Waals surface area (Å²) in [4.78, 5) is 2.30. The lowest BCUT2D eigenvalue weighted by Gasteiger charge is -2.22. The Kier molecular flexibility index (Phi) is 3.19. The Hall–Kier alpha value is -1.18. The zero-order valence-electron chi connectivity index (χ0n) is 9.87. The summed E-state index contributed by atoms with van der Waals surface area (Å²) in [5.41, 5.74) is 4.91.